The van der Waals surface area contributed by atoms with E-state index in [9.17, 15) is 35.7 Å². The zero-order chi connectivity index (χ0) is 17.3. The van der Waals surface area contributed by atoms with Crippen molar-refractivity contribution < 1.29 is 55.1 Å². The second-order valence-electron chi connectivity index (χ2n) is 5.57. The Morgan fingerprint density at radius 1 is 0.652 bits per heavy atom. The van der Waals surface area contributed by atoms with Crippen LogP contribution >= 0.6 is 0 Å². The quantitative estimate of drug-likeness (QED) is 0.243. The number of ether oxygens (including phenoxy) is 3. The van der Waals surface area contributed by atoms with Crippen molar-refractivity contribution in [2.75, 3.05) is 13.2 Å². The molecule has 0 aromatic rings. The maximum Gasteiger partial charge on any atom is 0.186 e. The van der Waals surface area contributed by atoms with Crippen LogP contribution in [0.2, 0.25) is 0 Å². The van der Waals surface area contributed by atoms with Crippen molar-refractivity contribution in [3.63, 3.8) is 0 Å². The molecule has 0 amide bonds. The SMILES string of the molecule is OC[C@H]1O[C@H](OC[C@@H]2O[C@@H](O)[C@@H](O)[C@@H](O)[C@H]2O)[C@H](O)[C@@H](O)[C@@H]1O. The normalized spacial score (nSPS) is 51.7. The average Bonchev–Trinajstić information content (AvgIpc) is 2.54. The van der Waals surface area contributed by atoms with E-state index in [1.54, 1.807) is 0 Å². The van der Waals surface area contributed by atoms with Crippen LogP contribution < -0.4 is 0 Å². The Balaban J connectivity index is 1.94. The lowest BCUT2D eigenvalue weighted by Crippen LogP contribution is -2.61. The average molecular weight is 342 g/mol. The molecule has 0 radical (unpaired) electrons. The predicted molar refractivity (Wildman–Crippen MR) is 68.6 cm³/mol. The highest BCUT2D eigenvalue weighted by Gasteiger charge is 2.46. The smallest absolute Gasteiger partial charge is 0.186 e. The van der Waals surface area contributed by atoms with Gasteiger partial charge < -0.3 is 55.1 Å². The van der Waals surface area contributed by atoms with E-state index in [-0.39, 0.29) is 0 Å². The van der Waals surface area contributed by atoms with Gasteiger partial charge in [-0.2, -0.15) is 0 Å². The monoisotopic (exact) mass is 342 g/mol. The van der Waals surface area contributed by atoms with E-state index >= 15 is 0 Å². The van der Waals surface area contributed by atoms with Crippen LogP contribution in [0.25, 0.3) is 0 Å². The fourth-order valence-electron chi connectivity index (χ4n) is 2.46. The topological polar surface area (TPSA) is 190 Å². The summed E-state index contributed by atoms with van der Waals surface area (Å²) in [6.07, 6.45) is -15.3. The van der Waals surface area contributed by atoms with E-state index in [0.717, 1.165) is 0 Å². The van der Waals surface area contributed by atoms with Crippen LogP contribution in [-0.4, -0.2) is 115 Å². The van der Waals surface area contributed by atoms with Gasteiger partial charge >= 0.3 is 0 Å². The lowest BCUT2D eigenvalue weighted by molar-refractivity contribution is -0.325. The zero-order valence-electron chi connectivity index (χ0n) is 12.0. The predicted octanol–water partition coefficient (Wildman–Crippen LogP) is -5.40. The van der Waals surface area contributed by atoms with Crippen molar-refractivity contribution in [3.05, 3.63) is 0 Å². The van der Waals surface area contributed by atoms with Crippen LogP contribution in [-0.2, 0) is 14.2 Å². The molecule has 0 bridgehead atoms. The Hall–Kier alpha value is -0.440. The molecule has 0 spiro atoms. The summed E-state index contributed by atoms with van der Waals surface area (Å²) < 4.78 is 15.1. The third kappa shape index (κ3) is 3.81. The molecule has 2 aliphatic rings. The Morgan fingerprint density at radius 2 is 1.22 bits per heavy atom. The van der Waals surface area contributed by atoms with E-state index in [0.29, 0.717) is 0 Å². The molecule has 2 rings (SSSR count). The number of hydrogen-bond acceptors (Lipinski definition) is 11. The lowest BCUT2D eigenvalue weighted by Gasteiger charge is -2.41. The van der Waals surface area contributed by atoms with Crippen molar-refractivity contribution >= 4 is 0 Å². The first kappa shape index (κ1) is 18.9. The van der Waals surface area contributed by atoms with Crippen LogP contribution in [0.1, 0.15) is 0 Å². The van der Waals surface area contributed by atoms with Gasteiger partial charge in [0.05, 0.1) is 13.2 Å². The number of aliphatic hydroxyl groups excluding tert-OH is 8. The van der Waals surface area contributed by atoms with Gasteiger partial charge in [0.15, 0.2) is 12.6 Å². The molecule has 10 atom stereocenters. The molecule has 2 heterocycles. The van der Waals surface area contributed by atoms with Crippen LogP contribution in [0.5, 0.6) is 0 Å². The van der Waals surface area contributed by atoms with E-state index < -0.39 is 74.6 Å². The van der Waals surface area contributed by atoms with Gasteiger partial charge in [-0.25, -0.2) is 0 Å². The first-order valence-electron chi connectivity index (χ1n) is 7.07. The molecule has 0 aliphatic carbocycles. The summed E-state index contributed by atoms with van der Waals surface area (Å²) in [6, 6.07) is 0. The summed E-state index contributed by atoms with van der Waals surface area (Å²) in [5, 5.41) is 76.1. The largest absolute Gasteiger partial charge is 0.394 e. The van der Waals surface area contributed by atoms with E-state index in [2.05, 4.69) is 0 Å². The van der Waals surface area contributed by atoms with Gasteiger partial charge in [-0.15, -0.1) is 0 Å². The molecule has 23 heavy (non-hydrogen) atoms. The number of rotatable bonds is 4. The fourth-order valence-corrected chi connectivity index (χ4v) is 2.46. The van der Waals surface area contributed by atoms with Crippen molar-refractivity contribution in [3.8, 4) is 0 Å². The molecule has 2 aliphatic heterocycles. The van der Waals surface area contributed by atoms with Gasteiger partial charge in [0, 0.05) is 0 Å². The van der Waals surface area contributed by atoms with E-state index in [1.165, 1.54) is 0 Å². The summed E-state index contributed by atoms with van der Waals surface area (Å²) >= 11 is 0. The third-order valence-corrected chi connectivity index (χ3v) is 3.96. The highest BCUT2D eigenvalue weighted by Crippen LogP contribution is 2.24. The Kier molecular flexibility index (Phi) is 6.27. The first-order chi connectivity index (χ1) is 10.8. The molecule has 0 aromatic carbocycles. The Bertz CT molecular complexity index is 380. The minimum atomic E-state index is -1.74. The molecular weight excluding hydrogens is 320 g/mol. The highest BCUT2D eigenvalue weighted by atomic mass is 16.7. The first-order valence-corrected chi connectivity index (χ1v) is 7.07. The molecule has 136 valence electrons. The van der Waals surface area contributed by atoms with Crippen molar-refractivity contribution in [2.45, 2.75) is 61.4 Å². The molecule has 0 unspecified atom stereocenters. The number of aliphatic hydroxyl groups is 8. The van der Waals surface area contributed by atoms with Gasteiger partial charge in [-0.05, 0) is 0 Å². The summed E-state index contributed by atoms with van der Waals surface area (Å²) in [5.41, 5.74) is 0. The molecule has 2 fully saturated rings. The molecule has 8 N–H and O–H groups in total. The molecule has 0 aromatic heterocycles. The second-order valence-corrected chi connectivity index (χ2v) is 5.57. The second kappa shape index (κ2) is 7.63. The van der Waals surface area contributed by atoms with Crippen molar-refractivity contribution in [1.29, 1.82) is 0 Å². The zero-order valence-corrected chi connectivity index (χ0v) is 12.0. The summed E-state index contributed by atoms with van der Waals surface area (Å²) in [4.78, 5) is 0. The van der Waals surface area contributed by atoms with Gasteiger partial charge in [0.2, 0.25) is 0 Å². The Labute approximate surface area is 130 Å². The maximum absolute atomic E-state index is 9.78. The summed E-state index contributed by atoms with van der Waals surface area (Å²) in [7, 11) is 0. The molecule has 11 nitrogen and oxygen atoms in total. The van der Waals surface area contributed by atoms with Crippen LogP contribution in [0.15, 0.2) is 0 Å². The summed E-state index contributed by atoms with van der Waals surface area (Å²) in [5.74, 6) is 0. The van der Waals surface area contributed by atoms with Gasteiger partial charge in [-0.3, -0.25) is 0 Å². The molecule has 2 saturated heterocycles. The minimum Gasteiger partial charge on any atom is -0.394 e. The van der Waals surface area contributed by atoms with Crippen LogP contribution in [0.3, 0.4) is 0 Å². The Morgan fingerprint density at radius 3 is 1.83 bits per heavy atom. The fraction of sp³-hybridized carbons (Fsp3) is 1.00. The standard InChI is InChI=1S/C12H22O11/c13-1-3-5(14)8(17)10(19)12(23-3)21-2-4-6(15)7(16)9(18)11(20)22-4/h3-20H,1-2H2/t3-,4+,5-,6+,7+,8+,9+,10-,11-,12+/m1/s1. The molecule has 0 saturated carbocycles. The third-order valence-electron chi connectivity index (χ3n) is 3.96. The van der Waals surface area contributed by atoms with Gasteiger partial charge in [-0.1, -0.05) is 0 Å². The van der Waals surface area contributed by atoms with Gasteiger partial charge in [0.1, 0.15) is 48.8 Å². The molecular formula is C12H22O11. The lowest BCUT2D eigenvalue weighted by atomic mass is 9.98. The number of hydrogen-bond donors (Lipinski definition) is 8. The van der Waals surface area contributed by atoms with Gasteiger partial charge in [0.25, 0.3) is 0 Å². The maximum atomic E-state index is 9.78. The molecule has 11 heteroatoms. The van der Waals surface area contributed by atoms with Crippen molar-refractivity contribution in [1.82, 2.24) is 0 Å². The van der Waals surface area contributed by atoms with Crippen LogP contribution in [0.4, 0.5) is 0 Å². The van der Waals surface area contributed by atoms with E-state index in [1.807, 2.05) is 0 Å². The minimum absolute atomic E-state index is 0.468. The highest BCUT2D eigenvalue weighted by molar-refractivity contribution is 4.91. The van der Waals surface area contributed by atoms with E-state index in [4.69, 9.17) is 19.3 Å². The van der Waals surface area contributed by atoms with Crippen LogP contribution in [0, 0.1) is 0 Å². The van der Waals surface area contributed by atoms with Crippen molar-refractivity contribution in [2.24, 2.45) is 0 Å². The summed E-state index contributed by atoms with van der Waals surface area (Å²) in [6.45, 7) is -1.10.